The smallest absolute Gasteiger partial charge is 0.302 e. The standard InChI is InChI=1S/C19H30O2/c1-14(20)21-13-16(12-18(2,3)4)15-8-10-17(11-9-15)19(5,6)7/h8-11,16H,12-13H2,1-7H3/t16-/m0/s1. The Morgan fingerprint density at radius 1 is 1.05 bits per heavy atom. The average molecular weight is 290 g/mol. The molecule has 1 aromatic carbocycles. The second kappa shape index (κ2) is 6.64. The van der Waals surface area contributed by atoms with Gasteiger partial charge in [-0.3, -0.25) is 4.79 Å². The fourth-order valence-electron chi connectivity index (χ4n) is 2.49. The molecule has 0 fully saturated rings. The third-order valence-corrected chi connectivity index (χ3v) is 3.59. The van der Waals surface area contributed by atoms with Crippen LogP contribution in [0.4, 0.5) is 0 Å². The van der Waals surface area contributed by atoms with Gasteiger partial charge in [0.2, 0.25) is 0 Å². The van der Waals surface area contributed by atoms with Gasteiger partial charge in [-0.1, -0.05) is 65.8 Å². The summed E-state index contributed by atoms with van der Waals surface area (Å²) in [5, 5.41) is 0. The quantitative estimate of drug-likeness (QED) is 0.724. The summed E-state index contributed by atoms with van der Waals surface area (Å²) in [5.74, 6) is 0.0446. The van der Waals surface area contributed by atoms with Gasteiger partial charge in [0, 0.05) is 12.8 Å². The van der Waals surface area contributed by atoms with Crippen molar-refractivity contribution in [2.45, 2.75) is 66.2 Å². The Bertz CT molecular complexity index is 458. The summed E-state index contributed by atoms with van der Waals surface area (Å²) in [4.78, 5) is 11.1. The van der Waals surface area contributed by atoms with E-state index in [-0.39, 0.29) is 22.7 Å². The summed E-state index contributed by atoms with van der Waals surface area (Å²) in [6.45, 7) is 15.2. The van der Waals surface area contributed by atoms with Crippen LogP contribution in [0.2, 0.25) is 0 Å². The van der Waals surface area contributed by atoms with E-state index in [0.29, 0.717) is 6.61 Å². The monoisotopic (exact) mass is 290 g/mol. The van der Waals surface area contributed by atoms with E-state index in [1.54, 1.807) is 0 Å². The molecule has 118 valence electrons. The molecule has 0 saturated heterocycles. The van der Waals surface area contributed by atoms with Gasteiger partial charge in [0.25, 0.3) is 0 Å². The van der Waals surface area contributed by atoms with Crippen LogP contribution in [0.3, 0.4) is 0 Å². The molecule has 0 N–H and O–H groups in total. The lowest BCUT2D eigenvalue weighted by molar-refractivity contribution is -0.141. The van der Waals surface area contributed by atoms with Gasteiger partial charge in [0.05, 0.1) is 6.61 Å². The Labute approximate surface area is 129 Å². The highest BCUT2D eigenvalue weighted by molar-refractivity contribution is 5.65. The summed E-state index contributed by atoms with van der Waals surface area (Å²) in [7, 11) is 0. The topological polar surface area (TPSA) is 26.3 Å². The van der Waals surface area contributed by atoms with Gasteiger partial charge in [0.1, 0.15) is 0 Å². The van der Waals surface area contributed by atoms with Gasteiger partial charge in [0.15, 0.2) is 0 Å². The van der Waals surface area contributed by atoms with Gasteiger partial charge in [-0.25, -0.2) is 0 Å². The van der Waals surface area contributed by atoms with Gasteiger partial charge >= 0.3 is 5.97 Å². The molecule has 2 heteroatoms. The molecule has 1 atom stereocenters. The number of ether oxygens (including phenoxy) is 1. The van der Waals surface area contributed by atoms with E-state index in [9.17, 15) is 4.79 Å². The van der Waals surface area contributed by atoms with Crippen molar-refractivity contribution in [1.82, 2.24) is 0 Å². The molecule has 0 radical (unpaired) electrons. The molecule has 1 rings (SSSR count). The highest BCUT2D eigenvalue weighted by Gasteiger charge is 2.22. The fourth-order valence-corrected chi connectivity index (χ4v) is 2.49. The van der Waals surface area contributed by atoms with Crippen LogP contribution in [0.15, 0.2) is 24.3 Å². The van der Waals surface area contributed by atoms with Crippen LogP contribution in [0.1, 0.15) is 71.9 Å². The van der Waals surface area contributed by atoms with Crippen molar-refractivity contribution < 1.29 is 9.53 Å². The predicted octanol–water partition coefficient (Wildman–Crippen LogP) is 5.07. The number of esters is 1. The predicted molar refractivity (Wildman–Crippen MR) is 88.6 cm³/mol. The summed E-state index contributed by atoms with van der Waals surface area (Å²) in [6, 6.07) is 8.75. The maximum absolute atomic E-state index is 11.1. The molecule has 0 amide bonds. The number of hydrogen-bond acceptors (Lipinski definition) is 2. The molecule has 0 aliphatic heterocycles. The zero-order valence-electron chi connectivity index (χ0n) is 14.6. The van der Waals surface area contributed by atoms with Gasteiger partial charge in [-0.15, -0.1) is 0 Å². The molecule has 0 aliphatic rings. The zero-order chi connectivity index (χ0) is 16.3. The lowest BCUT2D eigenvalue weighted by Gasteiger charge is -2.27. The van der Waals surface area contributed by atoms with Crippen LogP contribution in [0.5, 0.6) is 0 Å². The molecule has 0 aliphatic carbocycles. The Kier molecular flexibility index (Phi) is 5.61. The van der Waals surface area contributed by atoms with Gasteiger partial charge in [-0.05, 0) is 28.4 Å². The van der Waals surface area contributed by atoms with E-state index in [1.807, 2.05) is 0 Å². The van der Waals surface area contributed by atoms with E-state index in [1.165, 1.54) is 18.1 Å². The van der Waals surface area contributed by atoms with Crippen LogP contribution in [-0.4, -0.2) is 12.6 Å². The first kappa shape index (κ1) is 17.7. The molecule has 0 saturated carbocycles. The second-order valence-electron chi connectivity index (χ2n) is 8.14. The van der Waals surface area contributed by atoms with Crippen molar-refractivity contribution in [2.75, 3.05) is 6.61 Å². The van der Waals surface area contributed by atoms with Crippen LogP contribution in [-0.2, 0) is 14.9 Å². The molecule has 0 bridgehead atoms. The Morgan fingerprint density at radius 2 is 1.57 bits per heavy atom. The average Bonchev–Trinajstić information content (AvgIpc) is 2.32. The van der Waals surface area contributed by atoms with Crippen molar-refractivity contribution in [1.29, 1.82) is 0 Å². The molecule has 0 unspecified atom stereocenters. The van der Waals surface area contributed by atoms with Crippen LogP contribution in [0, 0.1) is 5.41 Å². The Balaban J connectivity index is 2.94. The van der Waals surface area contributed by atoms with Crippen molar-refractivity contribution in [2.24, 2.45) is 5.41 Å². The lowest BCUT2D eigenvalue weighted by atomic mass is 9.80. The maximum atomic E-state index is 11.1. The molecule has 1 aromatic rings. The third-order valence-electron chi connectivity index (χ3n) is 3.59. The van der Waals surface area contributed by atoms with E-state index in [4.69, 9.17) is 4.74 Å². The molecule has 0 spiro atoms. The van der Waals surface area contributed by atoms with Crippen molar-refractivity contribution in [3.05, 3.63) is 35.4 Å². The largest absolute Gasteiger partial charge is 0.465 e. The van der Waals surface area contributed by atoms with Gasteiger partial charge in [-0.2, -0.15) is 0 Å². The fraction of sp³-hybridized carbons (Fsp3) is 0.632. The molecular formula is C19H30O2. The van der Waals surface area contributed by atoms with E-state index >= 15 is 0 Å². The summed E-state index contributed by atoms with van der Waals surface area (Å²) < 4.78 is 5.26. The number of rotatable bonds is 4. The molecular weight excluding hydrogens is 260 g/mol. The third kappa shape index (κ3) is 6.33. The SMILES string of the molecule is CC(=O)OC[C@H](CC(C)(C)C)c1ccc(C(C)(C)C)cc1. The van der Waals surface area contributed by atoms with E-state index in [2.05, 4.69) is 65.8 Å². The first-order valence-corrected chi connectivity index (χ1v) is 7.73. The van der Waals surface area contributed by atoms with Crippen LogP contribution >= 0.6 is 0 Å². The molecule has 2 nitrogen and oxygen atoms in total. The maximum Gasteiger partial charge on any atom is 0.302 e. The van der Waals surface area contributed by atoms with Crippen LogP contribution < -0.4 is 0 Å². The minimum absolute atomic E-state index is 0.161. The number of carbonyl (C=O) groups is 1. The minimum atomic E-state index is -0.208. The summed E-state index contributed by atoms with van der Waals surface area (Å²) in [5.41, 5.74) is 2.94. The van der Waals surface area contributed by atoms with Crippen molar-refractivity contribution in [3.8, 4) is 0 Å². The van der Waals surface area contributed by atoms with Crippen molar-refractivity contribution in [3.63, 3.8) is 0 Å². The van der Waals surface area contributed by atoms with E-state index in [0.717, 1.165) is 6.42 Å². The number of hydrogen-bond donors (Lipinski definition) is 0. The van der Waals surface area contributed by atoms with Crippen molar-refractivity contribution >= 4 is 5.97 Å². The molecule has 0 aromatic heterocycles. The first-order valence-electron chi connectivity index (χ1n) is 7.73. The highest BCUT2D eigenvalue weighted by atomic mass is 16.5. The first-order chi connectivity index (χ1) is 9.49. The lowest BCUT2D eigenvalue weighted by Crippen LogP contribution is -2.18. The van der Waals surface area contributed by atoms with E-state index < -0.39 is 0 Å². The Morgan fingerprint density at radius 3 is 1.95 bits per heavy atom. The zero-order valence-corrected chi connectivity index (χ0v) is 14.6. The number of carbonyl (C=O) groups excluding carboxylic acids is 1. The summed E-state index contributed by atoms with van der Waals surface area (Å²) in [6.07, 6.45) is 0.995. The van der Waals surface area contributed by atoms with Crippen LogP contribution in [0.25, 0.3) is 0 Å². The summed E-state index contributed by atoms with van der Waals surface area (Å²) >= 11 is 0. The normalized spacial score (nSPS) is 13.9. The molecule has 21 heavy (non-hydrogen) atoms. The second-order valence-corrected chi connectivity index (χ2v) is 8.14. The number of benzene rings is 1. The highest BCUT2D eigenvalue weighted by Crippen LogP contribution is 2.32. The molecule has 0 heterocycles. The van der Waals surface area contributed by atoms with Gasteiger partial charge < -0.3 is 4.74 Å². The Hall–Kier alpha value is -1.31. The minimum Gasteiger partial charge on any atom is -0.465 e.